The largest absolute Gasteiger partial charge is 0.396 e. The van der Waals surface area contributed by atoms with Crippen molar-refractivity contribution in [3.8, 4) is 0 Å². The lowest BCUT2D eigenvalue weighted by Crippen LogP contribution is -2.46. The molecule has 4 nitrogen and oxygen atoms in total. The van der Waals surface area contributed by atoms with Crippen molar-refractivity contribution in [3.63, 3.8) is 0 Å². The molecule has 1 atom stereocenters. The molecular formula is C18H24N3O+. The Bertz CT molecular complexity index is 617. The molecule has 2 heterocycles. The topological polar surface area (TPSA) is 40.2 Å². The molecule has 22 heavy (non-hydrogen) atoms. The molecule has 0 radical (unpaired) electrons. The molecule has 0 spiro atoms. The Morgan fingerprint density at radius 2 is 2.00 bits per heavy atom. The Hall–Kier alpha value is -1.94. The van der Waals surface area contributed by atoms with Crippen LogP contribution in [0.3, 0.4) is 0 Å². The molecule has 0 bridgehead atoms. The van der Waals surface area contributed by atoms with Crippen LogP contribution in [0.4, 0.5) is 5.95 Å². The number of hydrogen-bond donors (Lipinski definition) is 1. The third-order valence-corrected chi connectivity index (χ3v) is 4.35. The number of anilines is 1. The first-order valence-corrected chi connectivity index (χ1v) is 8.15. The average Bonchev–Trinajstić information content (AvgIpc) is 2.85. The van der Waals surface area contributed by atoms with Gasteiger partial charge in [0.05, 0.1) is 12.7 Å². The van der Waals surface area contributed by atoms with Gasteiger partial charge < -0.3 is 5.11 Å². The van der Waals surface area contributed by atoms with Crippen molar-refractivity contribution in [1.82, 2.24) is 4.98 Å². The van der Waals surface area contributed by atoms with Crippen LogP contribution in [0.2, 0.25) is 0 Å². The second-order valence-electron chi connectivity index (χ2n) is 5.94. The van der Waals surface area contributed by atoms with Gasteiger partial charge in [-0.25, -0.2) is 9.47 Å². The lowest BCUT2D eigenvalue weighted by molar-refractivity contribution is -0.685. The van der Waals surface area contributed by atoms with Gasteiger partial charge in [0.2, 0.25) is 5.72 Å². The molecule has 2 aromatic rings. The second kappa shape index (κ2) is 6.44. The molecule has 0 saturated heterocycles. The Kier molecular flexibility index (Phi) is 4.39. The van der Waals surface area contributed by atoms with Gasteiger partial charge in [-0.1, -0.05) is 61.5 Å². The van der Waals surface area contributed by atoms with E-state index < -0.39 is 5.72 Å². The Morgan fingerprint density at radius 1 is 1.18 bits per heavy atom. The first-order chi connectivity index (χ1) is 10.8. The maximum atomic E-state index is 11.4. The summed E-state index contributed by atoms with van der Waals surface area (Å²) >= 11 is 0. The highest BCUT2D eigenvalue weighted by molar-refractivity contribution is 5.37. The van der Waals surface area contributed by atoms with Crippen LogP contribution in [0.5, 0.6) is 0 Å². The van der Waals surface area contributed by atoms with Crippen molar-refractivity contribution < 1.29 is 9.67 Å². The summed E-state index contributed by atoms with van der Waals surface area (Å²) < 4.78 is 2.03. The number of aromatic nitrogens is 2. The van der Waals surface area contributed by atoms with Crippen LogP contribution in [0.15, 0.2) is 48.8 Å². The minimum atomic E-state index is -1.01. The average molecular weight is 298 g/mol. The summed E-state index contributed by atoms with van der Waals surface area (Å²) in [5.41, 5.74) is -0.0783. The summed E-state index contributed by atoms with van der Waals surface area (Å²) in [4.78, 5) is 6.54. The third kappa shape index (κ3) is 2.71. The van der Waals surface area contributed by atoms with Crippen molar-refractivity contribution in [3.05, 3.63) is 54.4 Å². The molecule has 1 aliphatic heterocycles. The predicted octanol–water partition coefficient (Wildman–Crippen LogP) is 2.61. The highest BCUT2D eigenvalue weighted by Gasteiger charge is 2.50. The fourth-order valence-electron chi connectivity index (χ4n) is 3.16. The number of aliphatic hydroxyl groups is 1. The molecule has 0 fully saturated rings. The van der Waals surface area contributed by atoms with Gasteiger partial charge in [0.15, 0.2) is 0 Å². The summed E-state index contributed by atoms with van der Waals surface area (Å²) in [6.45, 7) is 3.55. The smallest absolute Gasteiger partial charge is 0.353 e. The van der Waals surface area contributed by atoms with Gasteiger partial charge in [-0.3, -0.25) is 0 Å². The lowest BCUT2D eigenvalue weighted by Gasteiger charge is -2.28. The van der Waals surface area contributed by atoms with Crippen LogP contribution in [0, 0.1) is 0 Å². The van der Waals surface area contributed by atoms with Gasteiger partial charge in [-0.2, -0.15) is 0 Å². The van der Waals surface area contributed by atoms with Crippen LogP contribution in [0.1, 0.15) is 38.2 Å². The second-order valence-corrected chi connectivity index (χ2v) is 5.94. The number of nitrogens with zero attached hydrogens (tertiary/aromatic N) is 3. The highest BCUT2D eigenvalue weighted by atomic mass is 16.3. The monoisotopic (exact) mass is 298 g/mol. The van der Waals surface area contributed by atoms with Crippen LogP contribution < -0.4 is 9.47 Å². The van der Waals surface area contributed by atoms with E-state index in [-0.39, 0.29) is 0 Å². The van der Waals surface area contributed by atoms with Crippen molar-refractivity contribution in [1.29, 1.82) is 0 Å². The number of fused-ring (bicyclic) bond motifs is 1. The maximum Gasteiger partial charge on any atom is 0.396 e. The molecule has 0 amide bonds. The molecule has 1 aromatic carbocycles. The van der Waals surface area contributed by atoms with E-state index >= 15 is 0 Å². The number of hydrogen-bond acceptors (Lipinski definition) is 3. The summed E-state index contributed by atoms with van der Waals surface area (Å²) in [7, 11) is 0. The van der Waals surface area contributed by atoms with E-state index in [0.29, 0.717) is 6.54 Å². The van der Waals surface area contributed by atoms with Gasteiger partial charge in [0, 0.05) is 11.6 Å². The van der Waals surface area contributed by atoms with Crippen molar-refractivity contribution in [2.24, 2.45) is 0 Å². The van der Waals surface area contributed by atoms with Crippen molar-refractivity contribution in [2.45, 2.75) is 44.9 Å². The summed E-state index contributed by atoms with van der Waals surface area (Å²) in [5.74, 6) is 0.852. The van der Waals surface area contributed by atoms with Crippen LogP contribution in [0.25, 0.3) is 0 Å². The standard InChI is InChI=1S/C18H24N3O/c1-2-3-4-8-14-21-17-19-12-9-13-20(17)15-18(21,22)16-10-6-5-7-11-16/h5-7,9-13,22H,2-4,8,14-15H2,1H3/q+1/t18-/m1/s1. The number of unbranched alkanes of at least 4 members (excludes halogenated alkanes) is 3. The molecule has 1 aliphatic rings. The van der Waals surface area contributed by atoms with Crippen LogP contribution >= 0.6 is 0 Å². The first-order valence-electron chi connectivity index (χ1n) is 8.15. The van der Waals surface area contributed by atoms with Gasteiger partial charge in [0.1, 0.15) is 12.7 Å². The molecule has 1 aromatic heterocycles. The molecule has 1 N–H and O–H groups in total. The van der Waals surface area contributed by atoms with Gasteiger partial charge >= 0.3 is 5.95 Å². The quantitative estimate of drug-likeness (QED) is 0.658. The van der Waals surface area contributed by atoms with Crippen LogP contribution in [-0.4, -0.2) is 16.6 Å². The summed E-state index contributed by atoms with van der Waals surface area (Å²) in [6, 6.07) is 11.8. The summed E-state index contributed by atoms with van der Waals surface area (Å²) in [5, 5.41) is 11.4. The molecule has 0 aliphatic carbocycles. The Labute approximate surface area is 132 Å². The molecule has 3 rings (SSSR count). The van der Waals surface area contributed by atoms with Crippen LogP contribution in [-0.2, 0) is 12.3 Å². The molecule has 116 valence electrons. The Balaban J connectivity index is 1.89. The van der Waals surface area contributed by atoms with E-state index in [1.165, 1.54) is 19.3 Å². The molecule has 0 saturated carbocycles. The summed E-state index contributed by atoms with van der Waals surface area (Å²) in [6.07, 6.45) is 8.49. The van der Waals surface area contributed by atoms with E-state index in [0.717, 1.165) is 24.5 Å². The number of rotatable bonds is 6. The maximum absolute atomic E-state index is 11.4. The third-order valence-electron chi connectivity index (χ3n) is 4.35. The lowest BCUT2D eigenvalue weighted by atomic mass is 10.0. The zero-order chi connectivity index (χ0) is 15.4. The highest BCUT2D eigenvalue weighted by Crippen LogP contribution is 2.33. The van der Waals surface area contributed by atoms with Crippen molar-refractivity contribution >= 4 is 5.95 Å². The zero-order valence-electron chi connectivity index (χ0n) is 13.2. The first kappa shape index (κ1) is 15.0. The Morgan fingerprint density at radius 3 is 2.77 bits per heavy atom. The van der Waals surface area contributed by atoms with Gasteiger partial charge in [-0.05, 0) is 6.42 Å². The van der Waals surface area contributed by atoms with E-state index in [9.17, 15) is 5.11 Å². The van der Waals surface area contributed by atoms with E-state index in [2.05, 4.69) is 16.8 Å². The zero-order valence-corrected chi connectivity index (χ0v) is 13.2. The predicted molar refractivity (Wildman–Crippen MR) is 86.3 cm³/mol. The molecule has 4 heteroatoms. The minimum Gasteiger partial charge on any atom is -0.353 e. The fraction of sp³-hybridized carbons (Fsp3) is 0.444. The minimum absolute atomic E-state index is 0.522. The SMILES string of the molecule is CCCCCCN1c2nccc[n+]2C[C@@]1(O)c1ccccc1. The van der Waals surface area contributed by atoms with Gasteiger partial charge in [0.25, 0.3) is 0 Å². The van der Waals surface area contributed by atoms with E-state index in [4.69, 9.17) is 0 Å². The van der Waals surface area contributed by atoms with E-state index in [1.54, 1.807) is 6.20 Å². The number of benzene rings is 1. The molecule has 0 unspecified atom stereocenters. The normalized spacial score (nSPS) is 20.2. The van der Waals surface area contributed by atoms with Gasteiger partial charge in [-0.15, -0.1) is 0 Å². The fourth-order valence-corrected chi connectivity index (χ4v) is 3.16. The molecular weight excluding hydrogens is 274 g/mol. The van der Waals surface area contributed by atoms with Crippen molar-refractivity contribution in [2.75, 3.05) is 11.4 Å². The van der Waals surface area contributed by atoms with E-state index in [1.807, 2.05) is 47.2 Å².